The second kappa shape index (κ2) is 9.05. The van der Waals surface area contributed by atoms with Gasteiger partial charge in [-0.25, -0.2) is 9.67 Å². The lowest BCUT2D eigenvalue weighted by Gasteiger charge is -2.24. The van der Waals surface area contributed by atoms with Gasteiger partial charge in [0.05, 0.1) is 25.9 Å². The molecule has 0 aliphatic carbocycles. The van der Waals surface area contributed by atoms with Crippen molar-refractivity contribution in [1.29, 1.82) is 0 Å². The predicted molar refractivity (Wildman–Crippen MR) is 111 cm³/mol. The van der Waals surface area contributed by atoms with Gasteiger partial charge in [-0.2, -0.15) is 5.10 Å². The molecule has 0 saturated heterocycles. The van der Waals surface area contributed by atoms with Gasteiger partial charge < -0.3 is 14.4 Å². The van der Waals surface area contributed by atoms with Crippen LogP contribution in [0.4, 0.5) is 0 Å². The third kappa shape index (κ3) is 4.63. The number of methoxy groups -OCH3 is 2. The second-order valence-electron chi connectivity index (χ2n) is 6.50. The number of likely N-dealkylation sites (N-methyl/N-ethyl adjacent to an activating group) is 1. The molecule has 1 heterocycles. The number of amides is 1. The van der Waals surface area contributed by atoms with Gasteiger partial charge in [0.15, 0.2) is 11.5 Å². The molecule has 0 spiro atoms. The first-order chi connectivity index (χ1) is 14.0. The van der Waals surface area contributed by atoms with Crippen molar-refractivity contribution in [3.05, 3.63) is 72.3 Å². The fourth-order valence-corrected chi connectivity index (χ4v) is 2.90. The maximum absolute atomic E-state index is 12.6. The van der Waals surface area contributed by atoms with Gasteiger partial charge in [0, 0.05) is 13.1 Å². The smallest absolute Gasteiger partial charge is 0.246 e. The first kappa shape index (κ1) is 20.1. The van der Waals surface area contributed by atoms with Crippen molar-refractivity contribution in [3.8, 4) is 17.2 Å². The van der Waals surface area contributed by atoms with E-state index in [2.05, 4.69) is 10.1 Å². The molecular weight excluding hydrogens is 368 g/mol. The van der Waals surface area contributed by atoms with Crippen molar-refractivity contribution in [2.45, 2.75) is 13.0 Å². The van der Waals surface area contributed by atoms with Crippen LogP contribution < -0.4 is 9.47 Å². The molecule has 1 aromatic heterocycles. The van der Waals surface area contributed by atoms with Crippen molar-refractivity contribution in [2.75, 3.05) is 21.3 Å². The fraction of sp³-hybridized carbons (Fsp3) is 0.227. The number of hydrogen-bond donors (Lipinski definition) is 0. The summed E-state index contributed by atoms with van der Waals surface area (Å²) in [6.45, 7) is 1.99. The van der Waals surface area contributed by atoms with Crippen LogP contribution in [0.3, 0.4) is 0 Å². The molecule has 29 heavy (non-hydrogen) atoms. The molecule has 0 N–H and O–H groups in total. The molecule has 0 unspecified atom stereocenters. The number of carbonyl (C=O) groups is 1. The van der Waals surface area contributed by atoms with Gasteiger partial charge in [0.2, 0.25) is 5.91 Å². The minimum Gasteiger partial charge on any atom is -0.493 e. The molecule has 7 heteroatoms. The molecule has 0 bridgehead atoms. The standard InChI is InChI=1S/C22H24N4O3/c1-16(18-7-9-19(10-8-18)26-15-23-14-24-26)25(2)22(27)12-6-17-5-11-20(28-3)21(13-17)29-4/h5-16H,1-4H3/b12-6+/t16-/m0/s1. The van der Waals surface area contributed by atoms with E-state index in [4.69, 9.17) is 9.47 Å². The lowest BCUT2D eigenvalue weighted by Crippen LogP contribution is -2.27. The lowest BCUT2D eigenvalue weighted by molar-refractivity contribution is -0.126. The molecule has 1 amide bonds. The van der Waals surface area contributed by atoms with E-state index in [1.807, 2.05) is 49.4 Å². The number of rotatable bonds is 7. The Morgan fingerprint density at radius 3 is 2.45 bits per heavy atom. The third-order valence-corrected chi connectivity index (χ3v) is 4.81. The van der Waals surface area contributed by atoms with Crippen molar-refractivity contribution in [2.24, 2.45) is 0 Å². The van der Waals surface area contributed by atoms with Crippen molar-refractivity contribution < 1.29 is 14.3 Å². The molecule has 1 atom stereocenters. The highest BCUT2D eigenvalue weighted by Crippen LogP contribution is 2.28. The van der Waals surface area contributed by atoms with E-state index in [0.29, 0.717) is 11.5 Å². The number of benzene rings is 2. The van der Waals surface area contributed by atoms with Crippen LogP contribution in [-0.2, 0) is 4.79 Å². The Labute approximate surface area is 170 Å². The number of hydrogen-bond acceptors (Lipinski definition) is 5. The largest absolute Gasteiger partial charge is 0.493 e. The Kier molecular flexibility index (Phi) is 6.29. The van der Waals surface area contributed by atoms with Crippen LogP contribution in [0, 0.1) is 0 Å². The number of carbonyl (C=O) groups excluding carboxylic acids is 1. The Morgan fingerprint density at radius 1 is 1.10 bits per heavy atom. The summed E-state index contributed by atoms with van der Waals surface area (Å²) in [6.07, 6.45) is 6.46. The van der Waals surface area contributed by atoms with Crippen LogP contribution in [-0.4, -0.2) is 46.8 Å². The van der Waals surface area contributed by atoms with Crippen LogP contribution >= 0.6 is 0 Å². The summed E-state index contributed by atoms with van der Waals surface area (Å²) in [4.78, 5) is 18.3. The van der Waals surface area contributed by atoms with Crippen molar-refractivity contribution in [1.82, 2.24) is 19.7 Å². The Balaban J connectivity index is 1.68. The van der Waals surface area contributed by atoms with Crippen LogP contribution in [0.15, 0.2) is 61.2 Å². The van der Waals surface area contributed by atoms with E-state index in [1.54, 1.807) is 49.3 Å². The topological polar surface area (TPSA) is 69.5 Å². The molecule has 0 radical (unpaired) electrons. The van der Waals surface area contributed by atoms with Gasteiger partial charge in [-0.15, -0.1) is 0 Å². The SMILES string of the molecule is COc1ccc(/C=C/C(=O)N(C)[C@@H](C)c2ccc(-n3cncn3)cc2)cc1OC. The van der Waals surface area contributed by atoms with Gasteiger partial charge >= 0.3 is 0 Å². The fourth-order valence-electron chi connectivity index (χ4n) is 2.90. The zero-order valence-electron chi connectivity index (χ0n) is 16.9. The van der Waals surface area contributed by atoms with E-state index in [1.165, 1.54) is 6.33 Å². The first-order valence-electron chi connectivity index (χ1n) is 9.15. The quantitative estimate of drug-likeness (QED) is 0.576. The molecule has 0 aliphatic rings. The lowest BCUT2D eigenvalue weighted by atomic mass is 10.1. The summed E-state index contributed by atoms with van der Waals surface area (Å²) >= 11 is 0. The second-order valence-corrected chi connectivity index (χ2v) is 6.50. The maximum Gasteiger partial charge on any atom is 0.246 e. The summed E-state index contributed by atoms with van der Waals surface area (Å²) in [6, 6.07) is 13.3. The minimum absolute atomic E-state index is 0.0812. The van der Waals surface area contributed by atoms with Gasteiger partial charge in [-0.05, 0) is 48.4 Å². The highest BCUT2D eigenvalue weighted by molar-refractivity contribution is 5.92. The minimum atomic E-state index is -0.0902. The monoisotopic (exact) mass is 392 g/mol. The zero-order valence-corrected chi connectivity index (χ0v) is 16.9. The molecule has 7 nitrogen and oxygen atoms in total. The zero-order chi connectivity index (χ0) is 20.8. The third-order valence-electron chi connectivity index (χ3n) is 4.81. The average molecular weight is 392 g/mol. The molecule has 3 aromatic rings. The maximum atomic E-state index is 12.6. The van der Waals surface area contributed by atoms with E-state index in [0.717, 1.165) is 16.8 Å². The van der Waals surface area contributed by atoms with E-state index in [9.17, 15) is 4.79 Å². The van der Waals surface area contributed by atoms with E-state index in [-0.39, 0.29) is 11.9 Å². The molecule has 0 aliphatic heterocycles. The van der Waals surface area contributed by atoms with Crippen molar-refractivity contribution >= 4 is 12.0 Å². The Bertz CT molecular complexity index is 982. The van der Waals surface area contributed by atoms with Crippen LogP contribution in [0.2, 0.25) is 0 Å². The molecule has 3 rings (SSSR count). The highest BCUT2D eigenvalue weighted by Gasteiger charge is 2.15. The van der Waals surface area contributed by atoms with E-state index >= 15 is 0 Å². The number of aromatic nitrogens is 3. The average Bonchev–Trinajstić information content (AvgIpc) is 3.31. The van der Waals surface area contributed by atoms with Gasteiger partial charge in [0.1, 0.15) is 12.7 Å². The molecule has 150 valence electrons. The van der Waals surface area contributed by atoms with Crippen LogP contribution in [0.1, 0.15) is 24.1 Å². The summed E-state index contributed by atoms with van der Waals surface area (Å²) < 4.78 is 12.2. The Hall–Kier alpha value is -3.61. The summed E-state index contributed by atoms with van der Waals surface area (Å²) in [5, 5.41) is 4.12. The molecule has 0 fully saturated rings. The molecule has 2 aromatic carbocycles. The summed E-state index contributed by atoms with van der Waals surface area (Å²) in [5.41, 5.74) is 2.80. The number of nitrogens with zero attached hydrogens (tertiary/aromatic N) is 4. The predicted octanol–water partition coefficient (Wildman–Crippen LogP) is 3.52. The summed E-state index contributed by atoms with van der Waals surface area (Å²) in [5.74, 6) is 1.18. The van der Waals surface area contributed by atoms with E-state index < -0.39 is 0 Å². The van der Waals surface area contributed by atoms with Gasteiger partial charge in [-0.1, -0.05) is 18.2 Å². The highest BCUT2D eigenvalue weighted by atomic mass is 16.5. The Morgan fingerprint density at radius 2 is 1.83 bits per heavy atom. The summed E-state index contributed by atoms with van der Waals surface area (Å²) in [7, 11) is 4.96. The van der Waals surface area contributed by atoms with Gasteiger partial charge in [-0.3, -0.25) is 4.79 Å². The van der Waals surface area contributed by atoms with Crippen molar-refractivity contribution in [3.63, 3.8) is 0 Å². The van der Waals surface area contributed by atoms with Crippen LogP contribution in [0.5, 0.6) is 11.5 Å². The normalized spacial score (nSPS) is 12.0. The van der Waals surface area contributed by atoms with Gasteiger partial charge in [0.25, 0.3) is 0 Å². The molecule has 0 saturated carbocycles. The first-order valence-corrected chi connectivity index (χ1v) is 9.15. The number of ether oxygens (including phenoxy) is 2. The van der Waals surface area contributed by atoms with Crippen LogP contribution in [0.25, 0.3) is 11.8 Å². The molecular formula is C22H24N4O3.